The predicted molar refractivity (Wildman–Crippen MR) is 74.4 cm³/mol. The largest absolute Gasteiger partial charge is 0.464 e. The van der Waals surface area contributed by atoms with Gasteiger partial charge in [-0.25, -0.2) is 5.43 Å². The van der Waals surface area contributed by atoms with E-state index in [1.807, 2.05) is 23.7 Å². The fraction of sp³-hybridized carbons (Fsp3) is 0.417. The molecule has 3 N–H and O–H groups in total. The summed E-state index contributed by atoms with van der Waals surface area (Å²) in [7, 11) is 1.66. The van der Waals surface area contributed by atoms with Gasteiger partial charge >= 0.3 is 0 Å². The highest BCUT2D eigenvalue weighted by Gasteiger charge is 2.23. The van der Waals surface area contributed by atoms with Gasteiger partial charge in [0, 0.05) is 7.11 Å². The normalized spacial score (nSPS) is 12.8. The van der Waals surface area contributed by atoms with Crippen molar-refractivity contribution < 1.29 is 9.15 Å². The number of nitrogens with zero attached hydrogens (tertiary/aromatic N) is 2. The van der Waals surface area contributed by atoms with Crippen LogP contribution in [0.3, 0.4) is 0 Å². The Balaban J connectivity index is 2.34. The molecule has 2 aromatic heterocycles. The Labute approximate surface area is 120 Å². The van der Waals surface area contributed by atoms with Crippen LogP contribution in [0, 0.1) is 6.92 Å². The van der Waals surface area contributed by atoms with E-state index in [4.69, 9.17) is 15.0 Å². The molecule has 0 radical (unpaired) electrons. The second-order valence-corrected chi connectivity index (χ2v) is 5.00. The third kappa shape index (κ3) is 3.06. The standard InChI is InChI=1S/C12H17BrN4O2/c1-8-3-4-10(19-8)11(16-14)12-9(13)7-15-17(12)5-6-18-2/h3-4,7,11,16H,5-6,14H2,1-2H3. The van der Waals surface area contributed by atoms with E-state index in [1.54, 1.807) is 13.3 Å². The zero-order chi connectivity index (χ0) is 13.8. The maximum Gasteiger partial charge on any atom is 0.128 e. The number of nitrogens with two attached hydrogens (primary N) is 1. The van der Waals surface area contributed by atoms with E-state index >= 15 is 0 Å². The average Bonchev–Trinajstić information content (AvgIpc) is 2.97. The number of hydrogen-bond donors (Lipinski definition) is 2. The van der Waals surface area contributed by atoms with Gasteiger partial charge in [-0.2, -0.15) is 5.10 Å². The molecular formula is C12H17BrN4O2. The fourth-order valence-electron chi connectivity index (χ4n) is 1.92. The van der Waals surface area contributed by atoms with Gasteiger partial charge in [0.25, 0.3) is 0 Å². The first-order valence-corrected chi connectivity index (χ1v) is 6.69. The summed E-state index contributed by atoms with van der Waals surface area (Å²) in [6, 6.07) is 3.55. The molecule has 0 aliphatic heterocycles. The summed E-state index contributed by atoms with van der Waals surface area (Å²) < 4.78 is 13.4. The van der Waals surface area contributed by atoms with Gasteiger partial charge in [-0.3, -0.25) is 10.5 Å². The number of hydrogen-bond acceptors (Lipinski definition) is 5. The molecule has 0 bridgehead atoms. The molecule has 0 aliphatic rings. The Morgan fingerprint density at radius 1 is 1.58 bits per heavy atom. The van der Waals surface area contributed by atoms with Gasteiger partial charge in [0.15, 0.2) is 0 Å². The second kappa shape index (κ2) is 6.33. The number of aromatic nitrogens is 2. The van der Waals surface area contributed by atoms with E-state index in [0.717, 1.165) is 21.7 Å². The van der Waals surface area contributed by atoms with Crippen molar-refractivity contribution in [3.63, 3.8) is 0 Å². The topological polar surface area (TPSA) is 78.2 Å². The molecule has 2 heterocycles. The van der Waals surface area contributed by atoms with Gasteiger partial charge in [-0.15, -0.1) is 0 Å². The van der Waals surface area contributed by atoms with E-state index in [-0.39, 0.29) is 6.04 Å². The minimum atomic E-state index is -0.262. The molecule has 0 aromatic carbocycles. The molecule has 2 rings (SSSR count). The van der Waals surface area contributed by atoms with E-state index in [1.165, 1.54) is 0 Å². The number of halogens is 1. The van der Waals surface area contributed by atoms with Crippen LogP contribution in [0.2, 0.25) is 0 Å². The lowest BCUT2D eigenvalue weighted by molar-refractivity contribution is 0.181. The summed E-state index contributed by atoms with van der Waals surface area (Å²) in [6.07, 6.45) is 1.74. The molecular weight excluding hydrogens is 312 g/mol. The van der Waals surface area contributed by atoms with Gasteiger partial charge in [-0.05, 0) is 35.0 Å². The van der Waals surface area contributed by atoms with Crippen LogP contribution >= 0.6 is 15.9 Å². The highest BCUT2D eigenvalue weighted by molar-refractivity contribution is 9.10. The quantitative estimate of drug-likeness (QED) is 0.624. The lowest BCUT2D eigenvalue weighted by Gasteiger charge is -2.16. The summed E-state index contributed by atoms with van der Waals surface area (Å²) in [5.74, 6) is 7.26. The monoisotopic (exact) mass is 328 g/mol. The summed E-state index contributed by atoms with van der Waals surface area (Å²) in [5.41, 5.74) is 3.68. The molecule has 0 saturated carbocycles. The van der Waals surface area contributed by atoms with E-state index < -0.39 is 0 Å². The Kier molecular flexibility index (Phi) is 4.76. The van der Waals surface area contributed by atoms with Crippen LogP contribution in [0.25, 0.3) is 0 Å². The predicted octanol–water partition coefficient (Wildman–Crippen LogP) is 1.75. The third-order valence-electron chi connectivity index (χ3n) is 2.83. The second-order valence-electron chi connectivity index (χ2n) is 4.14. The van der Waals surface area contributed by atoms with Crippen LogP contribution in [-0.2, 0) is 11.3 Å². The third-order valence-corrected chi connectivity index (χ3v) is 3.44. The van der Waals surface area contributed by atoms with Crippen molar-refractivity contribution in [3.8, 4) is 0 Å². The van der Waals surface area contributed by atoms with Gasteiger partial charge < -0.3 is 9.15 Å². The molecule has 2 aromatic rings. The molecule has 104 valence electrons. The average molecular weight is 329 g/mol. The van der Waals surface area contributed by atoms with Crippen molar-refractivity contribution in [2.75, 3.05) is 13.7 Å². The van der Waals surface area contributed by atoms with Crippen molar-refractivity contribution in [2.45, 2.75) is 19.5 Å². The number of furan rings is 1. The molecule has 0 spiro atoms. The first-order chi connectivity index (χ1) is 9.17. The maximum atomic E-state index is 5.67. The van der Waals surface area contributed by atoms with Crippen LogP contribution in [0.4, 0.5) is 0 Å². The number of rotatable bonds is 6. The van der Waals surface area contributed by atoms with Crippen molar-refractivity contribution in [1.82, 2.24) is 15.2 Å². The van der Waals surface area contributed by atoms with E-state index in [2.05, 4.69) is 26.5 Å². The van der Waals surface area contributed by atoms with Crippen molar-refractivity contribution in [2.24, 2.45) is 5.84 Å². The van der Waals surface area contributed by atoms with E-state index in [9.17, 15) is 0 Å². The minimum absolute atomic E-state index is 0.262. The van der Waals surface area contributed by atoms with Crippen molar-refractivity contribution in [3.05, 3.63) is 40.0 Å². The molecule has 0 amide bonds. The Morgan fingerprint density at radius 3 is 2.95 bits per heavy atom. The number of nitrogens with one attached hydrogen (secondary N) is 1. The molecule has 1 atom stereocenters. The number of ether oxygens (including phenoxy) is 1. The number of hydrazine groups is 1. The van der Waals surface area contributed by atoms with E-state index in [0.29, 0.717) is 13.2 Å². The summed E-state index contributed by atoms with van der Waals surface area (Å²) in [4.78, 5) is 0. The molecule has 0 aliphatic carbocycles. The molecule has 1 unspecified atom stereocenters. The SMILES string of the molecule is COCCn1ncc(Br)c1C(NN)c1ccc(C)o1. The van der Waals surface area contributed by atoms with Crippen LogP contribution in [0.1, 0.15) is 23.3 Å². The van der Waals surface area contributed by atoms with Crippen LogP contribution in [-0.4, -0.2) is 23.5 Å². The Hall–Kier alpha value is -1.15. The van der Waals surface area contributed by atoms with Crippen molar-refractivity contribution in [1.29, 1.82) is 0 Å². The molecule has 6 nitrogen and oxygen atoms in total. The van der Waals surface area contributed by atoms with Gasteiger partial charge in [0.2, 0.25) is 0 Å². The first kappa shape index (κ1) is 14.3. The summed E-state index contributed by atoms with van der Waals surface area (Å²) in [5, 5.41) is 4.31. The highest BCUT2D eigenvalue weighted by Crippen LogP contribution is 2.29. The zero-order valence-electron chi connectivity index (χ0n) is 10.9. The molecule has 0 fully saturated rings. The summed E-state index contributed by atoms with van der Waals surface area (Å²) in [6.45, 7) is 3.12. The van der Waals surface area contributed by atoms with Crippen molar-refractivity contribution >= 4 is 15.9 Å². The van der Waals surface area contributed by atoms with Crippen LogP contribution < -0.4 is 11.3 Å². The fourth-order valence-corrected chi connectivity index (χ4v) is 2.44. The van der Waals surface area contributed by atoms with Gasteiger partial charge in [0.05, 0.1) is 29.5 Å². The zero-order valence-corrected chi connectivity index (χ0v) is 12.5. The Morgan fingerprint density at radius 2 is 2.37 bits per heavy atom. The Bertz CT molecular complexity index is 538. The summed E-state index contributed by atoms with van der Waals surface area (Å²) >= 11 is 3.49. The smallest absolute Gasteiger partial charge is 0.128 e. The van der Waals surface area contributed by atoms with Crippen LogP contribution in [0.5, 0.6) is 0 Å². The molecule has 7 heteroatoms. The van der Waals surface area contributed by atoms with Gasteiger partial charge in [0.1, 0.15) is 17.6 Å². The van der Waals surface area contributed by atoms with Gasteiger partial charge in [-0.1, -0.05) is 0 Å². The van der Waals surface area contributed by atoms with Crippen LogP contribution in [0.15, 0.2) is 27.2 Å². The minimum Gasteiger partial charge on any atom is -0.464 e. The lowest BCUT2D eigenvalue weighted by atomic mass is 10.1. The molecule has 0 saturated heterocycles. The molecule has 19 heavy (non-hydrogen) atoms. The maximum absolute atomic E-state index is 5.67. The number of aryl methyl sites for hydroxylation is 1. The highest BCUT2D eigenvalue weighted by atomic mass is 79.9. The first-order valence-electron chi connectivity index (χ1n) is 5.90. The number of methoxy groups -OCH3 is 1. The lowest BCUT2D eigenvalue weighted by Crippen LogP contribution is -2.31.